The van der Waals surface area contributed by atoms with Crippen LogP contribution in [0.15, 0.2) is 24.3 Å². The van der Waals surface area contributed by atoms with Crippen molar-refractivity contribution in [3.05, 3.63) is 29.8 Å². The van der Waals surface area contributed by atoms with Gasteiger partial charge in [-0.2, -0.15) is 0 Å². The normalized spacial score (nSPS) is 12.6. The lowest BCUT2D eigenvalue weighted by Crippen LogP contribution is -2.33. The molecule has 1 atom stereocenters. The third-order valence-electron chi connectivity index (χ3n) is 3.18. The Balaban J connectivity index is 2.48. The van der Waals surface area contributed by atoms with Gasteiger partial charge >= 0.3 is 12.3 Å². The van der Waals surface area contributed by atoms with Gasteiger partial charge in [0.2, 0.25) is 5.91 Å². The number of hydrogen-bond donors (Lipinski definition) is 1. The number of rotatable bonds is 7. The molecule has 1 N–H and O–H groups in total. The summed E-state index contributed by atoms with van der Waals surface area (Å²) in [5, 5.41) is 8.80. The number of aryl methyl sites for hydroxylation is 1. The molecule has 0 aliphatic rings. The summed E-state index contributed by atoms with van der Waals surface area (Å²) in [6.45, 7) is 1.61. The molecule has 0 fully saturated rings. The fourth-order valence-electron chi connectivity index (χ4n) is 1.89. The van der Waals surface area contributed by atoms with Crippen LogP contribution < -0.4 is 4.74 Å². The molecular formula is C15H18F3NO4. The Morgan fingerprint density at radius 3 is 2.30 bits per heavy atom. The first kappa shape index (κ1) is 18.8. The molecule has 0 aliphatic carbocycles. The zero-order valence-corrected chi connectivity index (χ0v) is 12.8. The van der Waals surface area contributed by atoms with E-state index in [0.29, 0.717) is 12.0 Å². The number of carboxylic acid groups (broad SMARTS) is 1. The lowest BCUT2D eigenvalue weighted by atomic mass is 10.1. The van der Waals surface area contributed by atoms with Crippen molar-refractivity contribution in [2.45, 2.75) is 26.1 Å². The zero-order chi connectivity index (χ0) is 17.6. The van der Waals surface area contributed by atoms with Crippen LogP contribution in [0, 0.1) is 5.92 Å². The molecule has 0 spiro atoms. The Morgan fingerprint density at radius 2 is 1.83 bits per heavy atom. The maximum atomic E-state index is 12.0. The van der Waals surface area contributed by atoms with Gasteiger partial charge in [-0.15, -0.1) is 13.2 Å². The molecule has 0 radical (unpaired) electrons. The van der Waals surface area contributed by atoms with E-state index in [0.717, 1.165) is 0 Å². The molecule has 1 aromatic carbocycles. The number of carboxylic acids is 1. The van der Waals surface area contributed by atoms with Crippen LogP contribution in [0.25, 0.3) is 0 Å². The summed E-state index contributed by atoms with van der Waals surface area (Å²) in [6, 6.07) is 5.27. The predicted octanol–water partition coefficient (Wildman–Crippen LogP) is 2.70. The van der Waals surface area contributed by atoms with Crippen LogP contribution in [-0.2, 0) is 16.0 Å². The minimum atomic E-state index is -4.74. The van der Waals surface area contributed by atoms with Gasteiger partial charge in [0.15, 0.2) is 0 Å². The number of hydrogen-bond acceptors (Lipinski definition) is 3. The Labute approximate surface area is 131 Å². The van der Waals surface area contributed by atoms with Crippen LogP contribution in [0.2, 0.25) is 0 Å². The number of amides is 1. The Kier molecular flexibility index (Phi) is 6.41. The second-order valence-electron chi connectivity index (χ2n) is 5.21. The monoisotopic (exact) mass is 333 g/mol. The van der Waals surface area contributed by atoms with Crippen molar-refractivity contribution in [3.63, 3.8) is 0 Å². The largest absolute Gasteiger partial charge is 0.573 e. The number of ether oxygens (including phenoxy) is 1. The van der Waals surface area contributed by atoms with Gasteiger partial charge in [0.05, 0.1) is 5.92 Å². The van der Waals surface area contributed by atoms with Gasteiger partial charge in [-0.1, -0.05) is 19.1 Å². The Hall–Kier alpha value is -2.25. The van der Waals surface area contributed by atoms with Crippen LogP contribution >= 0.6 is 0 Å². The van der Waals surface area contributed by atoms with E-state index in [-0.39, 0.29) is 24.6 Å². The summed E-state index contributed by atoms with van der Waals surface area (Å²) in [5.41, 5.74) is 0.688. The molecule has 1 amide bonds. The van der Waals surface area contributed by atoms with Crippen LogP contribution in [0.5, 0.6) is 5.75 Å². The summed E-state index contributed by atoms with van der Waals surface area (Å²) < 4.78 is 39.9. The molecule has 0 saturated heterocycles. The van der Waals surface area contributed by atoms with Crippen molar-refractivity contribution in [1.82, 2.24) is 4.90 Å². The van der Waals surface area contributed by atoms with E-state index in [4.69, 9.17) is 5.11 Å². The predicted molar refractivity (Wildman–Crippen MR) is 75.9 cm³/mol. The van der Waals surface area contributed by atoms with Crippen molar-refractivity contribution < 1.29 is 32.6 Å². The van der Waals surface area contributed by atoms with E-state index < -0.39 is 18.2 Å². The Bertz CT molecular complexity index is 543. The average molecular weight is 333 g/mol. The highest BCUT2D eigenvalue weighted by Crippen LogP contribution is 2.23. The summed E-state index contributed by atoms with van der Waals surface area (Å²) in [5.74, 6) is -2.19. The van der Waals surface area contributed by atoms with E-state index >= 15 is 0 Å². The van der Waals surface area contributed by atoms with Crippen molar-refractivity contribution in [2.24, 2.45) is 5.92 Å². The highest BCUT2D eigenvalue weighted by Gasteiger charge is 2.30. The van der Waals surface area contributed by atoms with Crippen LogP contribution in [-0.4, -0.2) is 41.8 Å². The SMILES string of the molecule is CC(CN(C)C(=O)CCc1ccc(OC(F)(F)F)cc1)C(=O)O. The molecule has 0 aromatic heterocycles. The van der Waals surface area contributed by atoms with E-state index in [1.807, 2.05) is 0 Å². The van der Waals surface area contributed by atoms with Crippen molar-refractivity contribution in [2.75, 3.05) is 13.6 Å². The van der Waals surface area contributed by atoms with E-state index in [2.05, 4.69) is 4.74 Å². The van der Waals surface area contributed by atoms with Crippen molar-refractivity contribution >= 4 is 11.9 Å². The minimum Gasteiger partial charge on any atom is -0.481 e. The minimum absolute atomic E-state index is 0.104. The molecule has 128 valence electrons. The molecule has 23 heavy (non-hydrogen) atoms. The topological polar surface area (TPSA) is 66.8 Å². The number of carbonyl (C=O) groups excluding carboxylic acids is 1. The van der Waals surface area contributed by atoms with Crippen LogP contribution in [0.3, 0.4) is 0 Å². The zero-order valence-electron chi connectivity index (χ0n) is 12.8. The average Bonchev–Trinajstić information content (AvgIpc) is 2.44. The molecule has 5 nitrogen and oxygen atoms in total. The molecule has 8 heteroatoms. The first-order valence-corrected chi connectivity index (χ1v) is 6.90. The number of carbonyl (C=O) groups is 2. The standard InChI is InChI=1S/C15H18F3NO4/c1-10(14(21)22)9-19(2)13(20)8-5-11-3-6-12(7-4-11)23-15(16,17)18/h3-4,6-7,10H,5,8-9H2,1-2H3,(H,21,22). The number of nitrogens with zero attached hydrogens (tertiary/aromatic N) is 1. The number of halogens is 3. The third-order valence-corrected chi connectivity index (χ3v) is 3.18. The lowest BCUT2D eigenvalue weighted by Gasteiger charge is -2.19. The molecule has 1 rings (SSSR count). The smallest absolute Gasteiger partial charge is 0.481 e. The van der Waals surface area contributed by atoms with Gasteiger partial charge in [-0.3, -0.25) is 9.59 Å². The molecule has 0 saturated carbocycles. The van der Waals surface area contributed by atoms with Crippen molar-refractivity contribution in [1.29, 1.82) is 0 Å². The highest BCUT2D eigenvalue weighted by molar-refractivity contribution is 5.77. The van der Waals surface area contributed by atoms with Gasteiger partial charge in [0.1, 0.15) is 5.75 Å². The molecule has 1 aromatic rings. The summed E-state index contributed by atoms with van der Waals surface area (Å²) in [4.78, 5) is 24.0. The second-order valence-corrected chi connectivity index (χ2v) is 5.21. The second kappa shape index (κ2) is 7.85. The van der Waals surface area contributed by atoms with Gasteiger partial charge in [0, 0.05) is 20.0 Å². The fraction of sp³-hybridized carbons (Fsp3) is 0.467. The van der Waals surface area contributed by atoms with Crippen molar-refractivity contribution in [3.8, 4) is 5.75 Å². The Morgan fingerprint density at radius 1 is 1.26 bits per heavy atom. The number of benzene rings is 1. The van der Waals surface area contributed by atoms with Crippen LogP contribution in [0.4, 0.5) is 13.2 Å². The fourth-order valence-corrected chi connectivity index (χ4v) is 1.89. The van der Waals surface area contributed by atoms with Gasteiger partial charge < -0.3 is 14.7 Å². The summed E-state index contributed by atoms with van der Waals surface area (Å²) in [7, 11) is 1.52. The molecular weight excluding hydrogens is 315 g/mol. The first-order valence-electron chi connectivity index (χ1n) is 6.90. The summed E-state index contributed by atoms with van der Waals surface area (Å²) in [6.07, 6.45) is -4.25. The van der Waals surface area contributed by atoms with Crippen LogP contribution in [0.1, 0.15) is 18.9 Å². The highest BCUT2D eigenvalue weighted by atomic mass is 19.4. The first-order chi connectivity index (χ1) is 10.6. The molecule has 0 bridgehead atoms. The van der Waals surface area contributed by atoms with E-state index in [1.54, 1.807) is 0 Å². The third kappa shape index (κ3) is 7.03. The number of alkyl halides is 3. The quantitative estimate of drug-likeness (QED) is 0.833. The maximum Gasteiger partial charge on any atom is 0.573 e. The molecule has 0 heterocycles. The lowest BCUT2D eigenvalue weighted by molar-refractivity contribution is -0.274. The van der Waals surface area contributed by atoms with E-state index in [9.17, 15) is 22.8 Å². The van der Waals surface area contributed by atoms with E-state index in [1.165, 1.54) is 43.1 Å². The summed E-state index contributed by atoms with van der Waals surface area (Å²) >= 11 is 0. The maximum absolute atomic E-state index is 12.0. The van der Waals surface area contributed by atoms with Gasteiger partial charge in [-0.05, 0) is 24.1 Å². The van der Waals surface area contributed by atoms with Gasteiger partial charge in [0.25, 0.3) is 0 Å². The molecule has 0 aliphatic heterocycles. The number of aliphatic carboxylic acids is 1. The molecule has 1 unspecified atom stereocenters. The van der Waals surface area contributed by atoms with Gasteiger partial charge in [-0.25, -0.2) is 0 Å².